The largest absolute Gasteiger partial charge is 1.00 e. The van der Waals surface area contributed by atoms with Gasteiger partial charge >= 0.3 is 59.1 Å². The van der Waals surface area contributed by atoms with Crippen LogP contribution in [0, 0.1) is 0 Å². The Morgan fingerprint density at radius 2 is 1.11 bits per heavy atom. The summed E-state index contributed by atoms with van der Waals surface area (Å²) in [4.78, 5) is 0. The van der Waals surface area contributed by atoms with E-state index in [0.29, 0.717) is 34.7 Å². The van der Waals surface area contributed by atoms with Crippen molar-refractivity contribution in [3.63, 3.8) is 0 Å². The SMILES string of the molecule is [Na+].[Na+].[O-]c1c2c(c([O-])c3ccccc13)CC=CC2. The molecule has 0 aromatic heterocycles. The summed E-state index contributed by atoms with van der Waals surface area (Å²) < 4.78 is 0. The maximum Gasteiger partial charge on any atom is 1.00 e. The smallest absolute Gasteiger partial charge is 0.872 e. The van der Waals surface area contributed by atoms with Gasteiger partial charge in [0.2, 0.25) is 0 Å². The summed E-state index contributed by atoms with van der Waals surface area (Å²) >= 11 is 0. The average Bonchev–Trinajstić information content (AvgIpc) is 2.36. The molecule has 0 aliphatic heterocycles. The van der Waals surface area contributed by atoms with E-state index in [1.54, 1.807) is 24.3 Å². The van der Waals surface area contributed by atoms with Gasteiger partial charge in [-0.3, -0.25) is 0 Å². The first-order valence-electron chi connectivity index (χ1n) is 5.34. The van der Waals surface area contributed by atoms with Crippen LogP contribution in [-0.4, -0.2) is 0 Å². The Balaban J connectivity index is 0.000000810. The van der Waals surface area contributed by atoms with Crippen LogP contribution < -0.4 is 69.3 Å². The Labute approximate surface area is 150 Å². The van der Waals surface area contributed by atoms with E-state index in [1.165, 1.54) is 0 Å². The average molecular weight is 256 g/mol. The second-order valence-electron chi connectivity index (χ2n) is 4.04. The van der Waals surface area contributed by atoms with E-state index < -0.39 is 0 Å². The fraction of sp³-hybridized carbons (Fsp3) is 0.143. The molecule has 0 bridgehead atoms. The quantitative estimate of drug-likeness (QED) is 0.353. The number of allylic oxidation sites excluding steroid dienone is 2. The van der Waals surface area contributed by atoms with Gasteiger partial charge in [0.1, 0.15) is 0 Å². The number of hydrogen-bond acceptors (Lipinski definition) is 2. The molecule has 1 aliphatic rings. The van der Waals surface area contributed by atoms with Crippen molar-refractivity contribution in [3.8, 4) is 11.5 Å². The summed E-state index contributed by atoms with van der Waals surface area (Å²) in [6, 6.07) is 7.07. The molecule has 0 saturated heterocycles. The van der Waals surface area contributed by atoms with E-state index in [-0.39, 0.29) is 70.6 Å². The van der Waals surface area contributed by atoms with Crippen LogP contribution in [0.2, 0.25) is 0 Å². The van der Waals surface area contributed by atoms with Crippen molar-refractivity contribution in [1.29, 1.82) is 0 Å². The minimum Gasteiger partial charge on any atom is -0.872 e. The van der Waals surface area contributed by atoms with Crippen LogP contribution in [0.1, 0.15) is 11.1 Å². The summed E-state index contributed by atoms with van der Waals surface area (Å²) in [7, 11) is 0. The van der Waals surface area contributed by atoms with Crippen LogP contribution in [0.25, 0.3) is 10.8 Å². The van der Waals surface area contributed by atoms with Crippen LogP contribution in [0.4, 0.5) is 0 Å². The van der Waals surface area contributed by atoms with Gasteiger partial charge in [-0.2, -0.15) is 0 Å². The molecule has 0 heterocycles. The fourth-order valence-corrected chi connectivity index (χ4v) is 2.31. The van der Waals surface area contributed by atoms with E-state index in [2.05, 4.69) is 0 Å². The van der Waals surface area contributed by atoms with Gasteiger partial charge in [0.15, 0.2) is 0 Å². The van der Waals surface area contributed by atoms with E-state index in [1.807, 2.05) is 12.2 Å². The molecule has 0 fully saturated rings. The third-order valence-electron chi connectivity index (χ3n) is 3.14. The van der Waals surface area contributed by atoms with Crippen molar-refractivity contribution in [2.24, 2.45) is 0 Å². The number of benzene rings is 2. The van der Waals surface area contributed by atoms with Crippen LogP contribution in [0.5, 0.6) is 11.5 Å². The van der Waals surface area contributed by atoms with Crippen molar-refractivity contribution in [3.05, 3.63) is 47.5 Å². The molecule has 0 N–H and O–H groups in total. The molecule has 0 saturated carbocycles. The van der Waals surface area contributed by atoms with Gasteiger partial charge in [-0.25, -0.2) is 0 Å². The minimum atomic E-state index is 0. The number of fused-ring (bicyclic) bond motifs is 2. The molecular formula is C14H10Na2O2. The minimum absolute atomic E-state index is 0. The van der Waals surface area contributed by atoms with Crippen molar-refractivity contribution in [2.75, 3.05) is 0 Å². The van der Waals surface area contributed by atoms with E-state index >= 15 is 0 Å². The second kappa shape index (κ2) is 6.47. The van der Waals surface area contributed by atoms with Crippen molar-refractivity contribution < 1.29 is 69.3 Å². The first kappa shape index (κ1) is 16.1. The van der Waals surface area contributed by atoms with E-state index in [0.717, 1.165) is 0 Å². The Morgan fingerprint density at radius 3 is 1.50 bits per heavy atom. The molecule has 2 nitrogen and oxygen atoms in total. The Kier molecular flexibility index (Phi) is 5.78. The molecular weight excluding hydrogens is 246 g/mol. The summed E-state index contributed by atoms with van der Waals surface area (Å²) in [5.41, 5.74) is 1.37. The summed E-state index contributed by atoms with van der Waals surface area (Å²) in [5, 5.41) is 25.4. The molecule has 0 radical (unpaired) electrons. The molecule has 2 aromatic carbocycles. The first-order valence-corrected chi connectivity index (χ1v) is 5.34. The van der Waals surface area contributed by atoms with Crippen molar-refractivity contribution >= 4 is 10.8 Å². The van der Waals surface area contributed by atoms with Crippen LogP contribution in [0.3, 0.4) is 0 Å². The van der Waals surface area contributed by atoms with E-state index in [9.17, 15) is 10.2 Å². The standard InChI is InChI=1S/C14H12O2.2Na/c15-13-9-5-1-2-6-10(9)14(16)12-8-4-3-7-11(12)13;;/h1-6,15-16H,7-8H2;;/q;2*+1/p-2. The molecule has 0 amide bonds. The van der Waals surface area contributed by atoms with Crippen LogP contribution in [0.15, 0.2) is 36.4 Å². The molecule has 4 heteroatoms. The normalized spacial score (nSPS) is 12.4. The molecule has 0 spiro atoms. The maximum absolute atomic E-state index is 12.2. The third-order valence-corrected chi connectivity index (χ3v) is 3.14. The monoisotopic (exact) mass is 256 g/mol. The van der Waals surface area contributed by atoms with Crippen molar-refractivity contribution in [2.45, 2.75) is 12.8 Å². The van der Waals surface area contributed by atoms with Crippen LogP contribution in [-0.2, 0) is 12.8 Å². The Morgan fingerprint density at radius 1 is 0.722 bits per heavy atom. The number of rotatable bonds is 0. The topological polar surface area (TPSA) is 46.1 Å². The van der Waals surface area contributed by atoms with Gasteiger partial charge in [0, 0.05) is 0 Å². The zero-order valence-electron chi connectivity index (χ0n) is 10.7. The first-order chi connectivity index (χ1) is 7.79. The Hall–Kier alpha value is 0.0400. The molecule has 18 heavy (non-hydrogen) atoms. The third kappa shape index (κ3) is 2.51. The number of hydrogen-bond donors (Lipinski definition) is 0. The maximum atomic E-state index is 12.2. The molecule has 80 valence electrons. The zero-order chi connectivity index (χ0) is 11.1. The summed E-state index contributed by atoms with van der Waals surface area (Å²) in [6.45, 7) is 0. The molecule has 0 unspecified atom stereocenters. The van der Waals surface area contributed by atoms with Crippen LogP contribution >= 0.6 is 0 Å². The van der Waals surface area contributed by atoms with Gasteiger partial charge in [-0.05, 0) is 34.7 Å². The fourth-order valence-electron chi connectivity index (χ4n) is 2.31. The zero-order valence-corrected chi connectivity index (χ0v) is 14.7. The van der Waals surface area contributed by atoms with Gasteiger partial charge < -0.3 is 10.2 Å². The van der Waals surface area contributed by atoms with Gasteiger partial charge in [-0.1, -0.05) is 47.9 Å². The molecule has 1 aliphatic carbocycles. The summed E-state index contributed by atoms with van der Waals surface area (Å²) in [5.74, 6) is 0.0455. The predicted octanol–water partition coefficient (Wildman–Crippen LogP) is -4.35. The molecule has 2 aromatic rings. The second-order valence-corrected chi connectivity index (χ2v) is 4.04. The molecule has 3 rings (SSSR count). The van der Waals surface area contributed by atoms with Gasteiger partial charge in [0.05, 0.1) is 0 Å². The van der Waals surface area contributed by atoms with Crippen molar-refractivity contribution in [1.82, 2.24) is 0 Å². The van der Waals surface area contributed by atoms with Gasteiger partial charge in [0.25, 0.3) is 0 Å². The molecule has 0 atom stereocenters. The van der Waals surface area contributed by atoms with E-state index in [4.69, 9.17) is 0 Å². The van der Waals surface area contributed by atoms with Gasteiger partial charge in [-0.15, -0.1) is 0 Å². The summed E-state index contributed by atoms with van der Waals surface area (Å²) in [6.07, 6.45) is 5.10. The Bertz CT molecular complexity index is 554. The predicted molar refractivity (Wildman–Crippen MR) is 59.4 cm³/mol.